The normalized spacial score (nSPS) is 11.3. The summed E-state index contributed by atoms with van der Waals surface area (Å²) < 4.78 is 18.0. The Hall–Kier alpha value is -3.66. The summed E-state index contributed by atoms with van der Waals surface area (Å²) in [6.45, 7) is 0. The number of nitrogens with one attached hydrogen (secondary N) is 1. The number of nitrogens with zero attached hydrogens (tertiary/aromatic N) is 5. The summed E-state index contributed by atoms with van der Waals surface area (Å²) >= 11 is 1.46. The van der Waals surface area contributed by atoms with E-state index in [1.807, 2.05) is 30.3 Å². The Morgan fingerprint density at radius 2 is 1.72 bits per heavy atom. The highest BCUT2D eigenvalue weighted by atomic mass is 32.1. The fraction of sp³-hybridized carbons (Fsp3) is 0.158. The minimum atomic E-state index is 0.520. The molecule has 1 N–H and O–H groups in total. The molecule has 0 bridgehead atoms. The largest absolute Gasteiger partial charge is 0.493 e. The van der Waals surface area contributed by atoms with Crippen molar-refractivity contribution in [3.05, 3.63) is 36.7 Å². The first-order chi connectivity index (χ1) is 14.2. The molecule has 0 saturated heterocycles. The minimum Gasteiger partial charge on any atom is -0.493 e. The van der Waals surface area contributed by atoms with Gasteiger partial charge in [-0.1, -0.05) is 11.3 Å². The summed E-state index contributed by atoms with van der Waals surface area (Å²) in [6, 6.07) is 9.63. The molecule has 0 amide bonds. The van der Waals surface area contributed by atoms with Crippen LogP contribution in [0.1, 0.15) is 0 Å². The maximum atomic E-state index is 5.45. The Kier molecular flexibility index (Phi) is 4.06. The Balaban J connectivity index is 1.63. The Morgan fingerprint density at radius 3 is 2.45 bits per heavy atom. The van der Waals surface area contributed by atoms with Crippen LogP contribution in [-0.4, -0.2) is 51.1 Å². The Bertz CT molecular complexity index is 1310. The summed E-state index contributed by atoms with van der Waals surface area (Å²) in [7, 11) is 4.72. The standard InChI is InChI=1S/C19H16N6O3S/c1-26-14-7-11(8-15(27-2)16(14)28-3)17-22-23-19-25(17)24-18(29-19)10-4-5-12-13(6-10)21-9-20-12/h4-9H,1-3H3,(H,20,21). The molecule has 0 aliphatic heterocycles. The van der Waals surface area contributed by atoms with Gasteiger partial charge in [-0.25, -0.2) is 4.98 Å². The van der Waals surface area contributed by atoms with Gasteiger partial charge >= 0.3 is 0 Å². The molecule has 0 fully saturated rings. The number of aromatic amines is 1. The lowest BCUT2D eigenvalue weighted by molar-refractivity contribution is 0.324. The highest BCUT2D eigenvalue weighted by molar-refractivity contribution is 7.19. The van der Waals surface area contributed by atoms with Gasteiger partial charge in [0.1, 0.15) is 5.01 Å². The predicted octanol–water partition coefficient (Wildman–Crippen LogP) is 3.42. The van der Waals surface area contributed by atoms with Crippen LogP contribution >= 0.6 is 11.3 Å². The Labute approximate surface area is 168 Å². The lowest BCUT2D eigenvalue weighted by Gasteiger charge is -2.13. The number of methoxy groups -OCH3 is 3. The summed E-state index contributed by atoms with van der Waals surface area (Å²) in [5.41, 5.74) is 3.61. The van der Waals surface area contributed by atoms with Gasteiger partial charge in [0, 0.05) is 11.1 Å². The SMILES string of the molecule is COc1cc(-c2nnc3sc(-c4ccc5nc[nH]c5c4)nn23)cc(OC)c1OC. The summed E-state index contributed by atoms with van der Waals surface area (Å²) in [6.07, 6.45) is 1.68. The smallest absolute Gasteiger partial charge is 0.235 e. The van der Waals surface area contributed by atoms with Crippen molar-refractivity contribution in [1.29, 1.82) is 0 Å². The van der Waals surface area contributed by atoms with Crippen molar-refractivity contribution in [2.45, 2.75) is 0 Å². The van der Waals surface area contributed by atoms with Gasteiger partial charge in [-0.15, -0.1) is 10.2 Å². The zero-order valence-electron chi connectivity index (χ0n) is 15.8. The molecule has 0 atom stereocenters. The lowest BCUT2D eigenvalue weighted by Crippen LogP contribution is -1.97. The van der Waals surface area contributed by atoms with Crippen LogP contribution in [0.5, 0.6) is 17.2 Å². The molecule has 0 unspecified atom stereocenters. The highest BCUT2D eigenvalue weighted by Gasteiger charge is 2.19. The van der Waals surface area contributed by atoms with Crippen molar-refractivity contribution in [3.8, 4) is 39.2 Å². The van der Waals surface area contributed by atoms with Crippen molar-refractivity contribution in [2.75, 3.05) is 21.3 Å². The van der Waals surface area contributed by atoms with Crippen molar-refractivity contribution in [1.82, 2.24) is 29.8 Å². The lowest BCUT2D eigenvalue weighted by atomic mass is 10.1. The van der Waals surface area contributed by atoms with Crippen LogP contribution in [0.2, 0.25) is 0 Å². The van der Waals surface area contributed by atoms with Crippen molar-refractivity contribution in [3.63, 3.8) is 0 Å². The first kappa shape index (κ1) is 17.4. The molecule has 146 valence electrons. The maximum absolute atomic E-state index is 5.45. The highest BCUT2D eigenvalue weighted by Crippen LogP contribution is 2.41. The molecule has 3 heterocycles. The van der Waals surface area contributed by atoms with Gasteiger partial charge in [-0.3, -0.25) is 0 Å². The molecule has 0 radical (unpaired) electrons. The van der Waals surface area contributed by atoms with Crippen molar-refractivity contribution >= 4 is 27.3 Å². The third-order valence-corrected chi connectivity index (χ3v) is 5.53. The van der Waals surface area contributed by atoms with E-state index in [0.29, 0.717) is 28.0 Å². The molecule has 5 aromatic rings. The quantitative estimate of drug-likeness (QED) is 0.476. The molecule has 0 aliphatic rings. The van der Waals surface area contributed by atoms with E-state index < -0.39 is 0 Å². The molecule has 2 aromatic carbocycles. The van der Waals surface area contributed by atoms with Crippen molar-refractivity contribution < 1.29 is 14.2 Å². The molecule has 10 heteroatoms. The average molecular weight is 408 g/mol. The van der Waals surface area contributed by atoms with Crippen LogP contribution in [-0.2, 0) is 0 Å². The number of benzene rings is 2. The number of hydrogen-bond acceptors (Lipinski definition) is 8. The second-order valence-electron chi connectivity index (χ2n) is 6.17. The van der Waals surface area contributed by atoms with Crippen molar-refractivity contribution in [2.24, 2.45) is 0 Å². The van der Waals surface area contributed by atoms with E-state index in [2.05, 4.69) is 20.2 Å². The minimum absolute atomic E-state index is 0.520. The average Bonchev–Trinajstić information content (AvgIpc) is 3.47. The second kappa shape index (κ2) is 6.74. The van der Waals surface area contributed by atoms with Crippen LogP contribution in [0.4, 0.5) is 0 Å². The fourth-order valence-electron chi connectivity index (χ4n) is 3.19. The van der Waals surface area contributed by atoms with E-state index >= 15 is 0 Å². The zero-order chi connectivity index (χ0) is 20.0. The monoisotopic (exact) mass is 408 g/mol. The molecule has 0 saturated carbocycles. The van der Waals surface area contributed by atoms with Gasteiger partial charge in [-0.05, 0) is 30.3 Å². The van der Waals surface area contributed by atoms with Gasteiger partial charge in [0.2, 0.25) is 10.7 Å². The number of hydrogen-bond donors (Lipinski definition) is 1. The molecule has 0 spiro atoms. The topological polar surface area (TPSA) is 99.5 Å². The summed E-state index contributed by atoms with van der Waals surface area (Å²) in [5, 5.41) is 14.1. The number of ether oxygens (including phenoxy) is 3. The molecule has 5 rings (SSSR count). The number of imidazole rings is 1. The first-order valence-electron chi connectivity index (χ1n) is 8.68. The van der Waals surface area contributed by atoms with E-state index in [0.717, 1.165) is 27.2 Å². The summed E-state index contributed by atoms with van der Waals surface area (Å²) in [5.74, 6) is 2.19. The second-order valence-corrected chi connectivity index (χ2v) is 7.13. The summed E-state index contributed by atoms with van der Waals surface area (Å²) in [4.78, 5) is 8.06. The first-order valence-corrected chi connectivity index (χ1v) is 9.49. The molecular formula is C19H16N6O3S. The van der Waals surface area contributed by atoms with Gasteiger partial charge in [-0.2, -0.15) is 9.61 Å². The number of aromatic nitrogens is 6. The van der Waals surface area contributed by atoms with Crippen LogP contribution in [0, 0.1) is 0 Å². The van der Waals surface area contributed by atoms with E-state index in [-0.39, 0.29) is 0 Å². The number of H-pyrrole nitrogens is 1. The van der Waals surface area contributed by atoms with Gasteiger partial charge in [0.15, 0.2) is 17.3 Å². The maximum Gasteiger partial charge on any atom is 0.235 e. The molecule has 9 nitrogen and oxygen atoms in total. The molecule has 3 aromatic heterocycles. The third-order valence-electron chi connectivity index (χ3n) is 4.58. The van der Waals surface area contributed by atoms with Crippen LogP contribution in [0.15, 0.2) is 36.7 Å². The number of rotatable bonds is 5. The Morgan fingerprint density at radius 1 is 0.931 bits per heavy atom. The zero-order valence-corrected chi connectivity index (χ0v) is 16.6. The molecule has 0 aliphatic carbocycles. The number of fused-ring (bicyclic) bond motifs is 2. The molecular weight excluding hydrogens is 392 g/mol. The van der Waals surface area contributed by atoms with Gasteiger partial charge < -0.3 is 19.2 Å². The van der Waals surface area contributed by atoms with Crippen LogP contribution in [0.3, 0.4) is 0 Å². The fourth-order valence-corrected chi connectivity index (χ4v) is 4.03. The third kappa shape index (κ3) is 2.76. The molecule has 29 heavy (non-hydrogen) atoms. The predicted molar refractivity (Wildman–Crippen MR) is 109 cm³/mol. The van der Waals surface area contributed by atoms with Gasteiger partial charge in [0.25, 0.3) is 0 Å². The van der Waals surface area contributed by atoms with E-state index in [9.17, 15) is 0 Å². The van der Waals surface area contributed by atoms with E-state index in [1.54, 1.807) is 32.2 Å². The van der Waals surface area contributed by atoms with Crippen LogP contribution < -0.4 is 14.2 Å². The van der Waals surface area contributed by atoms with E-state index in [1.165, 1.54) is 11.3 Å². The van der Waals surface area contributed by atoms with E-state index in [4.69, 9.17) is 19.3 Å². The van der Waals surface area contributed by atoms with Crippen LogP contribution in [0.25, 0.3) is 38.0 Å². The van der Waals surface area contributed by atoms with Gasteiger partial charge in [0.05, 0.1) is 38.7 Å².